The summed E-state index contributed by atoms with van der Waals surface area (Å²) >= 11 is 0. The highest BCUT2D eigenvalue weighted by Gasteiger charge is 2.24. The van der Waals surface area contributed by atoms with E-state index in [0.29, 0.717) is 23.5 Å². The molecule has 0 saturated heterocycles. The molecule has 17 heavy (non-hydrogen) atoms. The molecule has 2 rings (SSSR count). The Labute approximate surface area is 98.5 Å². The van der Waals surface area contributed by atoms with E-state index in [9.17, 15) is 8.78 Å². The summed E-state index contributed by atoms with van der Waals surface area (Å²) in [5.74, 6) is 0.912. The molecule has 0 spiro atoms. The highest BCUT2D eigenvalue weighted by Crippen LogP contribution is 2.40. The first-order valence-corrected chi connectivity index (χ1v) is 5.36. The lowest BCUT2D eigenvalue weighted by Gasteiger charge is -2.20. The van der Waals surface area contributed by atoms with Crippen LogP contribution in [0.1, 0.15) is 31.4 Å². The second kappa shape index (κ2) is 4.14. The molecule has 0 atom stereocenters. The van der Waals surface area contributed by atoms with Crippen LogP contribution >= 0.6 is 0 Å². The highest BCUT2D eigenvalue weighted by molar-refractivity contribution is 5.51. The lowest BCUT2D eigenvalue weighted by atomic mass is 9.94. The van der Waals surface area contributed by atoms with Gasteiger partial charge in [0.25, 0.3) is 6.43 Å². The van der Waals surface area contributed by atoms with Gasteiger partial charge >= 0.3 is 0 Å². The molecule has 0 amide bonds. The van der Waals surface area contributed by atoms with Crippen molar-refractivity contribution in [3.05, 3.63) is 23.3 Å². The minimum atomic E-state index is -2.52. The van der Waals surface area contributed by atoms with Crippen molar-refractivity contribution in [3.8, 4) is 11.5 Å². The molecule has 0 aliphatic carbocycles. The normalized spacial score (nSPS) is 14.5. The zero-order chi connectivity index (χ0) is 12.6. The molecule has 0 radical (unpaired) electrons. The van der Waals surface area contributed by atoms with Gasteiger partial charge in [-0.2, -0.15) is 0 Å². The van der Waals surface area contributed by atoms with Crippen LogP contribution < -0.4 is 15.2 Å². The Hall–Kier alpha value is -1.36. The Kier molecular flexibility index (Phi) is 2.95. The van der Waals surface area contributed by atoms with Crippen LogP contribution in [0.25, 0.3) is 0 Å². The van der Waals surface area contributed by atoms with Crippen molar-refractivity contribution < 1.29 is 18.3 Å². The molecule has 1 aliphatic rings. The maximum absolute atomic E-state index is 12.7. The van der Waals surface area contributed by atoms with Gasteiger partial charge in [-0.1, -0.05) is 0 Å². The fourth-order valence-corrected chi connectivity index (χ4v) is 1.85. The number of rotatable bonds is 3. The molecule has 94 valence electrons. The number of fused-ring (bicyclic) bond motifs is 1. The van der Waals surface area contributed by atoms with E-state index in [1.165, 1.54) is 12.1 Å². The van der Waals surface area contributed by atoms with E-state index in [4.69, 9.17) is 15.2 Å². The van der Waals surface area contributed by atoms with Gasteiger partial charge in [0.2, 0.25) is 6.79 Å². The summed E-state index contributed by atoms with van der Waals surface area (Å²) in [6.45, 7) is 3.74. The van der Waals surface area contributed by atoms with Crippen molar-refractivity contribution in [1.29, 1.82) is 0 Å². The van der Waals surface area contributed by atoms with Crippen molar-refractivity contribution in [2.75, 3.05) is 6.79 Å². The van der Waals surface area contributed by atoms with Crippen LogP contribution in [0, 0.1) is 0 Å². The van der Waals surface area contributed by atoms with E-state index >= 15 is 0 Å². The first-order chi connectivity index (χ1) is 7.87. The molecule has 0 aromatic heterocycles. The van der Waals surface area contributed by atoms with Crippen molar-refractivity contribution in [3.63, 3.8) is 0 Å². The topological polar surface area (TPSA) is 44.5 Å². The molecule has 0 fully saturated rings. The highest BCUT2D eigenvalue weighted by atomic mass is 19.3. The second-order valence-corrected chi connectivity index (χ2v) is 4.88. The summed E-state index contributed by atoms with van der Waals surface area (Å²) in [7, 11) is 0. The minimum absolute atomic E-state index is 0.0616. The number of hydrogen-bond donors (Lipinski definition) is 1. The summed E-state index contributed by atoms with van der Waals surface area (Å²) in [6.07, 6.45) is -2.07. The Morgan fingerprint density at radius 3 is 2.65 bits per heavy atom. The minimum Gasteiger partial charge on any atom is -0.454 e. The van der Waals surface area contributed by atoms with Crippen LogP contribution in [0.3, 0.4) is 0 Å². The van der Waals surface area contributed by atoms with Gasteiger partial charge in [-0.25, -0.2) is 8.78 Å². The number of ether oxygens (including phenoxy) is 2. The zero-order valence-electron chi connectivity index (χ0n) is 9.80. The van der Waals surface area contributed by atoms with Crippen LogP contribution in [-0.2, 0) is 6.42 Å². The Morgan fingerprint density at radius 1 is 1.35 bits per heavy atom. The van der Waals surface area contributed by atoms with Crippen LogP contribution in [0.15, 0.2) is 12.1 Å². The third-order valence-corrected chi connectivity index (χ3v) is 2.47. The second-order valence-electron chi connectivity index (χ2n) is 4.88. The molecule has 1 aromatic rings. The summed E-state index contributed by atoms with van der Waals surface area (Å²) in [5.41, 5.74) is 6.03. The van der Waals surface area contributed by atoms with Gasteiger partial charge in [-0.3, -0.25) is 0 Å². The molecule has 1 aromatic carbocycles. The number of alkyl halides is 2. The molecular weight excluding hydrogens is 228 g/mol. The number of halogens is 2. The summed E-state index contributed by atoms with van der Waals surface area (Å²) in [5, 5.41) is 0. The van der Waals surface area contributed by atoms with Crippen molar-refractivity contribution in [1.82, 2.24) is 0 Å². The molecule has 0 unspecified atom stereocenters. The molecule has 5 heteroatoms. The van der Waals surface area contributed by atoms with Gasteiger partial charge in [-0.05, 0) is 32.4 Å². The van der Waals surface area contributed by atoms with Crippen LogP contribution in [0.5, 0.6) is 11.5 Å². The first-order valence-electron chi connectivity index (χ1n) is 5.36. The fourth-order valence-electron chi connectivity index (χ4n) is 1.85. The van der Waals surface area contributed by atoms with Crippen molar-refractivity contribution in [2.45, 2.75) is 32.2 Å². The van der Waals surface area contributed by atoms with Gasteiger partial charge in [0.15, 0.2) is 11.5 Å². The molecular formula is C12H15F2NO2. The molecule has 2 N–H and O–H groups in total. The quantitative estimate of drug-likeness (QED) is 0.887. The zero-order valence-corrected chi connectivity index (χ0v) is 9.80. The molecule has 1 aliphatic heterocycles. The predicted molar refractivity (Wildman–Crippen MR) is 59.5 cm³/mol. The predicted octanol–water partition coefficient (Wildman–Crippen LogP) is 2.63. The Morgan fingerprint density at radius 2 is 2.06 bits per heavy atom. The van der Waals surface area contributed by atoms with Crippen LogP contribution in [0.4, 0.5) is 8.78 Å². The summed E-state index contributed by atoms with van der Waals surface area (Å²) < 4.78 is 35.9. The van der Waals surface area contributed by atoms with Crippen LogP contribution in [0.2, 0.25) is 0 Å². The van der Waals surface area contributed by atoms with Crippen molar-refractivity contribution >= 4 is 0 Å². The number of hydrogen-bond acceptors (Lipinski definition) is 3. The van der Waals surface area contributed by atoms with E-state index in [0.717, 1.165) is 0 Å². The molecule has 0 saturated carbocycles. The van der Waals surface area contributed by atoms with Gasteiger partial charge in [0.05, 0.1) is 0 Å². The van der Waals surface area contributed by atoms with E-state index in [1.807, 2.05) is 13.8 Å². The largest absolute Gasteiger partial charge is 0.454 e. The molecule has 0 bridgehead atoms. The van der Waals surface area contributed by atoms with Gasteiger partial charge in [-0.15, -0.1) is 0 Å². The smallest absolute Gasteiger partial charge is 0.263 e. The lowest BCUT2D eigenvalue weighted by molar-refractivity contribution is 0.150. The summed E-state index contributed by atoms with van der Waals surface area (Å²) in [6, 6.07) is 2.76. The van der Waals surface area contributed by atoms with Gasteiger partial charge in [0, 0.05) is 16.7 Å². The Balaban J connectivity index is 2.42. The van der Waals surface area contributed by atoms with E-state index in [2.05, 4.69) is 0 Å². The standard InChI is InChI=1S/C12H15F2NO2/c1-12(2,15)5-8-3-7(11(13)14)4-9-10(8)17-6-16-9/h3-4,11H,5-6,15H2,1-2H3. The number of nitrogens with two attached hydrogens (primary N) is 1. The average Bonchev–Trinajstić information content (AvgIpc) is 2.62. The van der Waals surface area contributed by atoms with Gasteiger partial charge < -0.3 is 15.2 Å². The third-order valence-electron chi connectivity index (χ3n) is 2.47. The lowest BCUT2D eigenvalue weighted by Crippen LogP contribution is -2.34. The van der Waals surface area contributed by atoms with Crippen LogP contribution in [-0.4, -0.2) is 12.3 Å². The first kappa shape index (κ1) is 12.1. The SMILES string of the molecule is CC(C)(N)Cc1cc(C(F)F)cc2c1OCO2. The van der Waals surface area contributed by atoms with Crippen molar-refractivity contribution in [2.24, 2.45) is 5.73 Å². The monoisotopic (exact) mass is 243 g/mol. The van der Waals surface area contributed by atoms with E-state index < -0.39 is 12.0 Å². The third kappa shape index (κ3) is 2.66. The van der Waals surface area contributed by atoms with E-state index in [1.54, 1.807) is 0 Å². The maximum Gasteiger partial charge on any atom is 0.263 e. The molecule has 3 nitrogen and oxygen atoms in total. The fraction of sp³-hybridized carbons (Fsp3) is 0.500. The Bertz CT molecular complexity index is 427. The maximum atomic E-state index is 12.7. The number of benzene rings is 1. The van der Waals surface area contributed by atoms with Gasteiger partial charge in [0.1, 0.15) is 0 Å². The summed E-state index contributed by atoms with van der Waals surface area (Å²) in [4.78, 5) is 0. The average molecular weight is 243 g/mol. The van der Waals surface area contributed by atoms with E-state index in [-0.39, 0.29) is 12.4 Å². The molecule has 1 heterocycles.